The van der Waals surface area contributed by atoms with Gasteiger partial charge in [0.25, 0.3) is 0 Å². The number of hydrogen-bond acceptors (Lipinski definition) is 3. The molecule has 3 nitrogen and oxygen atoms in total. The van der Waals surface area contributed by atoms with Gasteiger partial charge in [-0.2, -0.15) is 0 Å². The molecule has 1 unspecified atom stereocenters. The molecular weight excluding hydrogens is 283 g/mol. The summed E-state index contributed by atoms with van der Waals surface area (Å²) in [6.45, 7) is 0. The Hall–Kier alpha value is -1.29. The molecule has 1 heterocycles. The van der Waals surface area contributed by atoms with E-state index in [1.165, 1.54) is 0 Å². The maximum Gasteiger partial charge on any atom is 0.137 e. The molecular formula is C14H14Cl2N2O. The Morgan fingerprint density at radius 2 is 2.00 bits per heavy atom. The molecule has 0 aliphatic carbocycles. The van der Waals surface area contributed by atoms with Crippen molar-refractivity contribution in [1.82, 2.24) is 4.98 Å². The number of rotatable bonds is 4. The highest BCUT2D eigenvalue weighted by molar-refractivity contribution is 6.42. The molecule has 5 heteroatoms. The molecule has 0 aliphatic rings. The molecule has 2 rings (SSSR count). The molecule has 0 fully saturated rings. The molecule has 19 heavy (non-hydrogen) atoms. The molecule has 0 saturated carbocycles. The molecule has 100 valence electrons. The summed E-state index contributed by atoms with van der Waals surface area (Å²) in [5, 5.41) is 1.08. The van der Waals surface area contributed by atoms with Crippen LogP contribution in [-0.4, -0.2) is 12.1 Å². The first kappa shape index (κ1) is 14.1. The minimum Gasteiger partial charge on any atom is -0.495 e. The molecule has 1 aromatic carbocycles. The minimum atomic E-state index is -0.167. The van der Waals surface area contributed by atoms with E-state index >= 15 is 0 Å². The topological polar surface area (TPSA) is 48.1 Å². The molecule has 0 saturated heterocycles. The first-order valence-electron chi connectivity index (χ1n) is 5.78. The summed E-state index contributed by atoms with van der Waals surface area (Å²) in [6.07, 6.45) is 4.05. The average molecular weight is 297 g/mol. The first-order valence-corrected chi connectivity index (χ1v) is 6.54. The molecule has 0 aliphatic heterocycles. The van der Waals surface area contributed by atoms with Crippen LogP contribution in [0.1, 0.15) is 17.2 Å². The summed E-state index contributed by atoms with van der Waals surface area (Å²) >= 11 is 11.9. The highest BCUT2D eigenvalue weighted by Crippen LogP contribution is 2.25. The largest absolute Gasteiger partial charge is 0.495 e. The third-order valence-corrected chi connectivity index (χ3v) is 3.58. The van der Waals surface area contributed by atoms with Crippen LogP contribution in [-0.2, 0) is 6.42 Å². The van der Waals surface area contributed by atoms with E-state index in [-0.39, 0.29) is 6.04 Å². The second kappa shape index (κ2) is 6.24. The fourth-order valence-electron chi connectivity index (χ4n) is 1.79. The second-order valence-electron chi connectivity index (χ2n) is 4.22. The summed E-state index contributed by atoms with van der Waals surface area (Å²) < 4.78 is 5.13. The van der Waals surface area contributed by atoms with Crippen LogP contribution in [0, 0.1) is 0 Å². The number of methoxy groups -OCH3 is 1. The van der Waals surface area contributed by atoms with Crippen molar-refractivity contribution in [2.45, 2.75) is 12.5 Å². The first-order chi connectivity index (χ1) is 9.10. The molecule has 0 bridgehead atoms. The summed E-state index contributed by atoms with van der Waals surface area (Å²) in [6, 6.07) is 7.24. The SMILES string of the molecule is COc1cncc(C(N)Cc2ccc(Cl)c(Cl)c2)c1. The lowest BCUT2D eigenvalue weighted by molar-refractivity contribution is 0.411. The van der Waals surface area contributed by atoms with Crippen LogP contribution in [0.5, 0.6) is 5.75 Å². The van der Waals surface area contributed by atoms with Gasteiger partial charge in [-0.05, 0) is 35.7 Å². The van der Waals surface area contributed by atoms with Gasteiger partial charge in [-0.15, -0.1) is 0 Å². The van der Waals surface area contributed by atoms with E-state index < -0.39 is 0 Å². The molecule has 0 radical (unpaired) electrons. The summed E-state index contributed by atoms with van der Waals surface area (Å²) in [5.74, 6) is 0.696. The van der Waals surface area contributed by atoms with Crippen molar-refractivity contribution in [3.63, 3.8) is 0 Å². The molecule has 1 atom stereocenters. The van der Waals surface area contributed by atoms with E-state index in [0.29, 0.717) is 22.2 Å². The second-order valence-corrected chi connectivity index (χ2v) is 5.03. The number of hydrogen-bond donors (Lipinski definition) is 1. The minimum absolute atomic E-state index is 0.167. The fourth-order valence-corrected chi connectivity index (χ4v) is 2.11. The van der Waals surface area contributed by atoms with Crippen molar-refractivity contribution in [3.05, 3.63) is 57.8 Å². The monoisotopic (exact) mass is 296 g/mol. The van der Waals surface area contributed by atoms with E-state index in [1.807, 2.05) is 18.2 Å². The number of aromatic nitrogens is 1. The third kappa shape index (κ3) is 3.60. The number of ether oxygens (including phenoxy) is 1. The van der Waals surface area contributed by atoms with Crippen LogP contribution in [0.3, 0.4) is 0 Å². The van der Waals surface area contributed by atoms with Crippen LogP contribution in [0.15, 0.2) is 36.7 Å². The quantitative estimate of drug-likeness (QED) is 0.937. The van der Waals surface area contributed by atoms with Gasteiger partial charge in [-0.1, -0.05) is 29.3 Å². The molecule has 0 amide bonds. The third-order valence-electron chi connectivity index (χ3n) is 2.84. The standard InChI is InChI=1S/C14H14Cl2N2O/c1-19-11-6-10(7-18-8-11)14(17)5-9-2-3-12(15)13(16)4-9/h2-4,6-8,14H,5,17H2,1H3. The summed E-state index contributed by atoms with van der Waals surface area (Å²) in [4.78, 5) is 4.10. The van der Waals surface area contributed by atoms with E-state index in [4.69, 9.17) is 33.7 Å². The highest BCUT2D eigenvalue weighted by atomic mass is 35.5. The Morgan fingerprint density at radius 1 is 1.21 bits per heavy atom. The lowest BCUT2D eigenvalue weighted by Gasteiger charge is -2.13. The number of nitrogens with zero attached hydrogens (tertiary/aromatic N) is 1. The van der Waals surface area contributed by atoms with Crippen molar-refractivity contribution >= 4 is 23.2 Å². The Balaban J connectivity index is 2.15. The average Bonchev–Trinajstić information content (AvgIpc) is 2.43. The Kier molecular flexibility index (Phi) is 4.64. The number of pyridine rings is 1. The maximum atomic E-state index is 6.17. The van der Waals surface area contributed by atoms with E-state index in [0.717, 1.165) is 11.1 Å². The Bertz CT molecular complexity index is 575. The fraction of sp³-hybridized carbons (Fsp3) is 0.214. The van der Waals surface area contributed by atoms with Crippen molar-refractivity contribution in [2.24, 2.45) is 5.73 Å². The van der Waals surface area contributed by atoms with Gasteiger partial charge in [0.15, 0.2) is 0 Å². The van der Waals surface area contributed by atoms with Gasteiger partial charge in [0.05, 0.1) is 23.4 Å². The zero-order valence-corrected chi connectivity index (χ0v) is 11.9. The van der Waals surface area contributed by atoms with Gasteiger partial charge >= 0.3 is 0 Å². The van der Waals surface area contributed by atoms with E-state index in [2.05, 4.69) is 4.98 Å². The van der Waals surface area contributed by atoms with Crippen molar-refractivity contribution in [1.29, 1.82) is 0 Å². The van der Waals surface area contributed by atoms with Crippen LogP contribution < -0.4 is 10.5 Å². The lowest BCUT2D eigenvalue weighted by atomic mass is 10.0. The smallest absolute Gasteiger partial charge is 0.137 e. The summed E-state index contributed by atoms with van der Waals surface area (Å²) in [7, 11) is 1.60. The summed E-state index contributed by atoms with van der Waals surface area (Å²) in [5.41, 5.74) is 8.12. The van der Waals surface area contributed by atoms with Crippen molar-refractivity contribution in [2.75, 3.05) is 7.11 Å². The van der Waals surface area contributed by atoms with Crippen LogP contribution in [0.25, 0.3) is 0 Å². The van der Waals surface area contributed by atoms with Crippen molar-refractivity contribution < 1.29 is 4.74 Å². The van der Waals surface area contributed by atoms with E-state index in [9.17, 15) is 0 Å². The number of nitrogens with two attached hydrogens (primary N) is 1. The normalized spacial score (nSPS) is 12.2. The number of benzene rings is 1. The Morgan fingerprint density at radius 3 is 2.68 bits per heavy atom. The lowest BCUT2D eigenvalue weighted by Crippen LogP contribution is -2.13. The van der Waals surface area contributed by atoms with Crippen molar-refractivity contribution in [3.8, 4) is 5.75 Å². The van der Waals surface area contributed by atoms with Gasteiger partial charge in [0.1, 0.15) is 5.75 Å². The van der Waals surface area contributed by atoms with Crippen LogP contribution >= 0.6 is 23.2 Å². The maximum absolute atomic E-state index is 6.17. The zero-order chi connectivity index (χ0) is 13.8. The molecule has 2 N–H and O–H groups in total. The number of halogens is 2. The molecule has 0 spiro atoms. The van der Waals surface area contributed by atoms with Crippen LogP contribution in [0.4, 0.5) is 0 Å². The van der Waals surface area contributed by atoms with Gasteiger partial charge in [0, 0.05) is 12.2 Å². The van der Waals surface area contributed by atoms with E-state index in [1.54, 1.807) is 25.6 Å². The van der Waals surface area contributed by atoms with Gasteiger partial charge < -0.3 is 10.5 Å². The highest BCUT2D eigenvalue weighted by Gasteiger charge is 2.10. The zero-order valence-electron chi connectivity index (χ0n) is 10.4. The van der Waals surface area contributed by atoms with Gasteiger partial charge in [0.2, 0.25) is 0 Å². The Labute approximate surface area is 122 Å². The molecule has 1 aromatic heterocycles. The van der Waals surface area contributed by atoms with Gasteiger partial charge in [-0.3, -0.25) is 4.98 Å². The molecule has 2 aromatic rings. The van der Waals surface area contributed by atoms with Gasteiger partial charge in [-0.25, -0.2) is 0 Å². The van der Waals surface area contributed by atoms with Crippen LogP contribution in [0.2, 0.25) is 10.0 Å². The predicted octanol–water partition coefficient (Wildman–Crippen LogP) is 3.64. The predicted molar refractivity (Wildman–Crippen MR) is 77.9 cm³/mol.